The summed E-state index contributed by atoms with van der Waals surface area (Å²) >= 11 is 0. The molecule has 0 spiro atoms. The summed E-state index contributed by atoms with van der Waals surface area (Å²) in [5.41, 5.74) is -1.20. The molecule has 0 radical (unpaired) electrons. The van der Waals surface area contributed by atoms with Gasteiger partial charge in [-0.1, -0.05) is 52.4 Å². The lowest BCUT2D eigenvalue weighted by Gasteiger charge is -2.52. The molecule has 4 nitrogen and oxygen atoms in total. The Hall–Kier alpha value is -1.24. The van der Waals surface area contributed by atoms with Crippen LogP contribution in [0.3, 0.4) is 0 Å². The molecule has 2 aliphatic rings. The summed E-state index contributed by atoms with van der Waals surface area (Å²) < 4.78 is 0. The topological polar surface area (TPSA) is 58.9 Å². The average molecular weight is 290 g/mol. The van der Waals surface area contributed by atoms with Crippen molar-refractivity contribution in [3.63, 3.8) is 0 Å². The van der Waals surface area contributed by atoms with Crippen molar-refractivity contribution in [1.29, 1.82) is 0 Å². The van der Waals surface area contributed by atoms with Gasteiger partial charge in [0, 0.05) is 11.3 Å². The highest BCUT2D eigenvalue weighted by Gasteiger charge is 2.57. The predicted octanol–water partition coefficient (Wildman–Crippen LogP) is 4.15. The van der Waals surface area contributed by atoms with E-state index in [0.717, 1.165) is 44.9 Å². The first-order valence-electron chi connectivity index (χ1n) is 8.29. The molecule has 4 heteroatoms. The lowest BCUT2D eigenvalue weighted by Crippen LogP contribution is -2.54. The van der Waals surface area contributed by atoms with Crippen molar-refractivity contribution < 1.29 is 9.59 Å². The molecule has 116 valence electrons. The Morgan fingerprint density at radius 3 is 2.05 bits per heavy atom. The van der Waals surface area contributed by atoms with Crippen molar-refractivity contribution in [2.75, 3.05) is 0 Å². The van der Waals surface area contributed by atoms with Gasteiger partial charge in [0.1, 0.15) is 0 Å². The van der Waals surface area contributed by atoms with Crippen molar-refractivity contribution in [3.05, 3.63) is 0 Å². The monoisotopic (exact) mass is 290 g/mol. The van der Waals surface area contributed by atoms with Crippen LogP contribution in [0.25, 0.3) is 0 Å². The smallest absolute Gasteiger partial charge is 0.211 e. The molecule has 21 heavy (non-hydrogen) atoms. The first-order chi connectivity index (χ1) is 10.1. The Labute approximate surface area is 127 Å². The highest BCUT2D eigenvalue weighted by molar-refractivity contribution is 5.41. The van der Waals surface area contributed by atoms with Gasteiger partial charge in [0.05, 0.1) is 0 Å². The molecule has 0 amide bonds. The number of hydrogen-bond acceptors (Lipinski definition) is 4. The second-order valence-corrected chi connectivity index (χ2v) is 7.03. The van der Waals surface area contributed by atoms with Crippen LogP contribution in [0.2, 0.25) is 0 Å². The van der Waals surface area contributed by atoms with Crippen molar-refractivity contribution in [3.8, 4) is 0 Å². The molecule has 0 aromatic rings. The summed E-state index contributed by atoms with van der Waals surface area (Å²) in [4.78, 5) is 30.7. The van der Waals surface area contributed by atoms with E-state index in [1.807, 2.05) is 0 Å². The highest BCUT2D eigenvalue weighted by atomic mass is 16.1. The van der Waals surface area contributed by atoms with Gasteiger partial charge in [-0.25, -0.2) is 9.59 Å². The fourth-order valence-corrected chi connectivity index (χ4v) is 4.63. The van der Waals surface area contributed by atoms with Crippen LogP contribution >= 0.6 is 0 Å². The van der Waals surface area contributed by atoms with Gasteiger partial charge in [0.15, 0.2) is 5.66 Å². The maximum Gasteiger partial charge on any atom is 0.237 e. The van der Waals surface area contributed by atoms with Gasteiger partial charge < -0.3 is 0 Å². The zero-order chi connectivity index (χ0) is 15.3. The van der Waals surface area contributed by atoms with Crippen LogP contribution in [-0.2, 0) is 9.59 Å². The third-order valence-corrected chi connectivity index (χ3v) is 6.12. The summed E-state index contributed by atoms with van der Waals surface area (Å²) in [6.45, 7) is 4.37. The quantitative estimate of drug-likeness (QED) is 0.577. The first kappa shape index (κ1) is 16.1. The Bertz CT molecular complexity index is 439. The van der Waals surface area contributed by atoms with E-state index in [4.69, 9.17) is 0 Å². The van der Waals surface area contributed by atoms with Crippen molar-refractivity contribution in [2.45, 2.75) is 77.3 Å². The van der Waals surface area contributed by atoms with E-state index in [9.17, 15) is 9.59 Å². The van der Waals surface area contributed by atoms with E-state index < -0.39 is 5.66 Å². The van der Waals surface area contributed by atoms with Crippen LogP contribution in [0, 0.1) is 17.3 Å². The zero-order valence-electron chi connectivity index (χ0n) is 13.2. The number of hydrogen-bond donors (Lipinski definition) is 0. The molecule has 2 atom stereocenters. The molecule has 2 unspecified atom stereocenters. The first-order valence-corrected chi connectivity index (χ1v) is 8.29. The minimum atomic E-state index is -0.948. The maximum absolute atomic E-state index is 11.1. The van der Waals surface area contributed by atoms with Crippen LogP contribution in [0.4, 0.5) is 0 Å². The minimum Gasteiger partial charge on any atom is -0.211 e. The second-order valence-electron chi connectivity index (χ2n) is 7.03. The van der Waals surface area contributed by atoms with E-state index >= 15 is 0 Å². The van der Waals surface area contributed by atoms with Gasteiger partial charge in [0.25, 0.3) is 0 Å². The molecule has 0 bridgehead atoms. The highest BCUT2D eigenvalue weighted by Crippen LogP contribution is 2.56. The van der Waals surface area contributed by atoms with Gasteiger partial charge >= 0.3 is 0 Å². The molecule has 0 heterocycles. The van der Waals surface area contributed by atoms with Gasteiger partial charge in [-0.3, -0.25) is 0 Å². The van der Waals surface area contributed by atoms with Gasteiger partial charge in [-0.15, -0.1) is 0 Å². The van der Waals surface area contributed by atoms with Crippen LogP contribution in [-0.4, -0.2) is 17.8 Å². The lowest BCUT2D eigenvalue weighted by molar-refractivity contribution is -0.0110. The number of aliphatic imine (C=N–C) groups is 2. The SMILES string of the molecule is CC1CCCCC1(C)C(N=C=O)(N=C=O)C1CCCCC1. The Balaban J connectivity index is 2.51. The molecule has 2 aliphatic carbocycles. The summed E-state index contributed by atoms with van der Waals surface area (Å²) in [7, 11) is 0. The molecule has 0 N–H and O–H groups in total. The third-order valence-electron chi connectivity index (χ3n) is 6.12. The minimum absolute atomic E-state index is 0.166. The number of rotatable bonds is 4. The van der Waals surface area contributed by atoms with E-state index in [1.165, 1.54) is 12.8 Å². The molecule has 2 fully saturated rings. The fraction of sp³-hybridized carbons (Fsp3) is 0.882. The van der Waals surface area contributed by atoms with Crippen molar-refractivity contribution >= 4 is 12.2 Å². The Kier molecular flexibility index (Phi) is 5.13. The van der Waals surface area contributed by atoms with Gasteiger partial charge in [0.2, 0.25) is 12.2 Å². The van der Waals surface area contributed by atoms with E-state index in [1.54, 1.807) is 12.2 Å². The van der Waals surface area contributed by atoms with Crippen molar-refractivity contribution in [2.24, 2.45) is 27.2 Å². The molecular formula is C17H26N2O2. The van der Waals surface area contributed by atoms with E-state index in [-0.39, 0.29) is 11.3 Å². The number of carbonyl (C=O) groups excluding carboxylic acids is 2. The molecule has 0 aliphatic heterocycles. The second kappa shape index (κ2) is 6.68. The fourth-order valence-electron chi connectivity index (χ4n) is 4.63. The third kappa shape index (κ3) is 2.75. The molecule has 0 aromatic carbocycles. The van der Waals surface area contributed by atoms with Crippen LogP contribution < -0.4 is 0 Å². The summed E-state index contributed by atoms with van der Waals surface area (Å²) in [6.07, 6.45) is 13.3. The number of nitrogens with zero attached hydrogens (tertiary/aromatic N) is 2. The van der Waals surface area contributed by atoms with Crippen LogP contribution in [0.5, 0.6) is 0 Å². The predicted molar refractivity (Wildman–Crippen MR) is 81.3 cm³/mol. The molecule has 2 rings (SSSR count). The summed E-state index contributed by atoms with van der Waals surface area (Å²) in [5, 5.41) is 0. The standard InChI is InChI=1S/C17H26N2O2/c1-14-8-6-7-11-16(14,2)17(18-12-20,19-13-21)15-9-4-3-5-10-15/h14-15H,3-11H2,1-2H3. The van der Waals surface area contributed by atoms with Crippen LogP contribution in [0.15, 0.2) is 9.98 Å². The largest absolute Gasteiger partial charge is 0.237 e. The molecule has 0 saturated heterocycles. The van der Waals surface area contributed by atoms with Crippen LogP contribution in [0.1, 0.15) is 71.6 Å². The normalized spacial score (nSPS) is 33.3. The zero-order valence-corrected chi connectivity index (χ0v) is 13.2. The molecule has 2 saturated carbocycles. The van der Waals surface area contributed by atoms with Gasteiger partial charge in [-0.2, -0.15) is 9.98 Å². The number of isocyanates is 2. The van der Waals surface area contributed by atoms with Gasteiger partial charge in [-0.05, 0) is 25.2 Å². The lowest BCUT2D eigenvalue weighted by atomic mass is 9.56. The molecular weight excluding hydrogens is 264 g/mol. The summed E-state index contributed by atoms with van der Waals surface area (Å²) in [6, 6.07) is 0. The van der Waals surface area contributed by atoms with E-state index in [0.29, 0.717) is 5.92 Å². The molecule has 0 aromatic heterocycles. The van der Waals surface area contributed by atoms with E-state index in [2.05, 4.69) is 23.8 Å². The van der Waals surface area contributed by atoms with Crippen molar-refractivity contribution in [1.82, 2.24) is 0 Å². The summed E-state index contributed by atoms with van der Waals surface area (Å²) in [5.74, 6) is 0.557. The average Bonchev–Trinajstić information content (AvgIpc) is 2.51. The Morgan fingerprint density at radius 1 is 0.952 bits per heavy atom. The Morgan fingerprint density at radius 2 is 1.52 bits per heavy atom. The maximum atomic E-state index is 11.1.